The maximum absolute atomic E-state index is 13.1. The van der Waals surface area contributed by atoms with Gasteiger partial charge < -0.3 is 10.3 Å². The van der Waals surface area contributed by atoms with Gasteiger partial charge in [0.05, 0.1) is 22.8 Å². The Hall–Kier alpha value is -3.48. The summed E-state index contributed by atoms with van der Waals surface area (Å²) in [5.41, 5.74) is 4.32. The highest BCUT2D eigenvalue weighted by Gasteiger charge is 2.13. The third-order valence-electron chi connectivity index (χ3n) is 4.34. The molecule has 2 aromatic heterocycles. The van der Waals surface area contributed by atoms with E-state index in [4.69, 9.17) is 0 Å². The molecule has 2 aromatic carbocycles. The molecule has 4 aromatic rings. The first kappa shape index (κ1) is 16.0. The highest BCUT2D eigenvalue weighted by atomic mass is 19.1. The van der Waals surface area contributed by atoms with Gasteiger partial charge in [0.15, 0.2) is 0 Å². The number of rotatable bonds is 3. The Morgan fingerprint density at radius 2 is 1.96 bits per heavy atom. The van der Waals surface area contributed by atoms with Crippen molar-refractivity contribution in [2.75, 3.05) is 5.32 Å². The second-order valence-electron chi connectivity index (χ2n) is 6.05. The van der Waals surface area contributed by atoms with E-state index in [2.05, 4.69) is 20.4 Å². The second-order valence-corrected chi connectivity index (χ2v) is 6.05. The first-order chi connectivity index (χ1) is 12.5. The van der Waals surface area contributed by atoms with Crippen molar-refractivity contribution in [2.45, 2.75) is 6.92 Å². The Morgan fingerprint density at radius 1 is 1.19 bits per heavy atom. The van der Waals surface area contributed by atoms with E-state index in [1.165, 1.54) is 12.1 Å². The van der Waals surface area contributed by atoms with E-state index in [0.717, 1.165) is 22.3 Å². The minimum absolute atomic E-state index is 0.215. The molecule has 26 heavy (non-hydrogen) atoms. The quantitative estimate of drug-likeness (QED) is 0.593. The van der Waals surface area contributed by atoms with Gasteiger partial charge in [-0.05, 0) is 49.4 Å². The molecule has 0 saturated carbocycles. The molecular weight excluding hydrogens is 333 g/mol. The van der Waals surface area contributed by atoms with Crippen molar-refractivity contribution in [3.63, 3.8) is 0 Å². The lowest BCUT2D eigenvalue weighted by Crippen LogP contribution is -2.12. The van der Waals surface area contributed by atoms with E-state index < -0.39 is 0 Å². The fraction of sp³-hybridized carbons (Fsp3) is 0.105. The van der Waals surface area contributed by atoms with Crippen LogP contribution in [0.25, 0.3) is 22.4 Å². The Labute approximate surface area is 148 Å². The number of aromatic amines is 1. The Kier molecular flexibility index (Phi) is 3.76. The third-order valence-corrected chi connectivity index (χ3v) is 4.34. The average Bonchev–Trinajstić information content (AvgIpc) is 3.19. The number of nitrogens with zero attached hydrogens (tertiary/aromatic N) is 3. The van der Waals surface area contributed by atoms with E-state index in [1.54, 1.807) is 36.1 Å². The summed E-state index contributed by atoms with van der Waals surface area (Å²) in [6.07, 6.45) is 1.55. The van der Waals surface area contributed by atoms with Crippen molar-refractivity contribution in [1.29, 1.82) is 0 Å². The van der Waals surface area contributed by atoms with E-state index in [1.807, 2.05) is 19.1 Å². The molecule has 6 nitrogen and oxygen atoms in total. The number of nitrogens with one attached hydrogen (secondary N) is 2. The third kappa shape index (κ3) is 2.83. The summed E-state index contributed by atoms with van der Waals surface area (Å²) in [5.74, 6) is 0.139. The maximum Gasteiger partial charge on any atom is 0.259 e. The van der Waals surface area contributed by atoms with Crippen LogP contribution in [0.4, 0.5) is 10.1 Å². The number of hydrogen-bond donors (Lipinski definition) is 2. The molecule has 130 valence electrons. The van der Waals surface area contributed by atoms with Gasteiger partial charge in [0, 0.05) is 24.0 Å². The molecule has 0 fully saturated rings. The number of carbonyl (C=O) groups is 1. The van der Waals surface area contributed by atoms with Crippen LogP contribution in [-0.2, 0) is 7.05 Å². The lowest BCUT2D eigenvalue weighted by Gasteiger charge is -2.04. The van der Waals surface area contributed by atoms with Crippen LogP contribution in [0.2, 0.25) is 0 Å². The molecule has 0 bridgehead atoms. The van der Waals surface area contributed by atoms with Crippen molar-refractivity contribution in [3.05, 3.63) is 65.7 Å². The molecule has 0 spiro atoms. The highest BCUT2D eigenvalue weighted by Crippen LogP contribution is 2.23. The number of anilines is 1. The summed E-state index contributed by atoms with van der Waals surface area (Å²) in [6.45, 7) is 1.84. The van der Waals surface area contributed by atoms with Gasteiger partial charge in [0.25, 0.3) is 5.91 Å². The molecular formula is C19H16FN5O. The van der Waals surface area contributed by atoms with Crippen molar-refractivity contribution >= 4 is 22.6 Å². The van der Waals surface area contributed by atoms with Gasteiger partial charge in [-0.25, -0.2) is 9.37 Å². The molecule has 0 radical (unpaired) electrons. The maximum atomic E-state index is 13.1. The fourth-order valence-corrected chi connectivity index (χ4v) is 2.75. The smallest absolute Gasteiger partial charge is 0.259 e. The van der Waals surface area contributed by atoms with E-state index >= 15 is 0 Å². The summed E-state index contributed by atoms with van der Waals surface area (Å²) >= 11 is 0. The monoisotopic (exact) mass is 349 g/mol. The highest BCUT2D eigenvalue weighted by molar-refractivity contribution is 6.05. The topological polar surface area (TPSA) is 75.6 Å². The lowest BCUT2D eigenvalue weighted by molar-refractivity contribution is 0.102. The summed E-state index contributed by atoms with van der Waals surface area (Å²) in [4.78, 5) is 20.1. The van der Waals surface area contributed by atoms with Gasteiger partial charge in [-0.3, -0.25) is 9.48 Å². The van der Waals surface area contributed by atoms with Gasteiger partial charge >= 0.3 is 0 Å². The van der Waals surface area contributed by atoms with Crippen molar-refractivity contribution in [1.82, 2.24) is 19.7 Å². The zero-order valence-electron chi connectivity index (χ0n) is 14.2. The van der Waals surface area contributed by atoms with Crippen LogP contribution in [0.1, 0.15) is 16.1 Å². The predicted molar refractivity (Wildman–Crippen MR) is 97.4 cm³/mol. The summed E-state index contributed by atoms with van der Waals surface area (Å²) in [6, 6.07) is 11.6. The summed E-state index contributed by atoms with van der Waals surface area (Å²) in [5, 5.41) is 6.96. The minimum Gasteiger partial charge on any atom is -0.338 e. The van der Waals surface area contributed by atoms with Gasteiger partial charge in [0.1, 0.15) is 11.6 Å². The largest absolute Gasteiger partial charge is 0.338 e. The molecule has 0 unspecified atom stereocenters. The Balaban J connectivity index is 1.62. The number of benzene rings is 2. The zero-order valence-corrected chi connectivity index (χ0v) is 14.2. The number of halogens is 1. The first-order valence-corrected chi connectivity index (χ1v) is 8.07. The fourth-order valence-electron chi connectivity index (χ4n) is 2.75. The van der Waals surface area contributed by atoms with Crippen molar-refractivity contribution < 1.29 is 9.18 Å². The first-order valence-electron chi connectivity index (χ1n) is 8.07. The van der Waals surface area contributed by atoms with Gasteiger partial charge in [-0.15, -0.1) is 0 Å². The average molecular weight is 349 g/mol. The predicted octanol–water partition coefficient (Wildman–Crippen LogP) is 3.66. The van der Waals surface area contributed by atoms with E-state index in [9.17, 15) is 9.18 Å². The van der Waals surface area contributed by atoms with Gasteiger partial charge in [0.2, 0.25) is 0 Å². The number of aromatic nitrogens is 4. The number of fused-ring (bicyclic) bond motifs is 1. The van der Waals surface area contributed by atoms with Gasteiger partial charge in [-0.2, -0.15) is 5.10 Å². The number of H-pyrrole nitrogens is 1. The van der Waals surface area contributed by atoms with E-state index in [0.29, 0.717) is 17.1 Å². The number of carbonyl (C=O) groups excluding carboxylic acids is 1. The van der Waals surface area contributed by atoms with Crippen LogP contribution < -0.4 is 5.32 Å². The molecule has 0 aliphatic rings. The van der Waals surface area contributed by atoms with Crippen molar-refractivity contribution in [3.8, 4) is 11.4 Å². The lowest BCUT2D eigenvalue weighted by atomic mass is 10.2. The molecule has 0 aliphatic heterocycles. The van der Waals surface area contributed by atoms with Crippen LogP contribution in [0.15, 0.2) is 48.7 Å². The van der Waals surface area contributed by atoms with Gasteiger partial charge in [-0.1, -0.05) is 0 Å². The number of hydrogen-bond acceptors (Lipinski definition) is 3. The Bertz CT molecular complexity index is 1110. The molecule has 0 aliphatic carbocycles. The molecule has 0 atom stereocenters. The normalized spacial score (nSPS) is 11.0. The molecule has 2 heterocycles. The zero-order chi connectivity index (χ0) is 18.3. The number of aryl methyl sites for hydroxylation is 1. The van der Waals surface area contributed by atoms with Crippen molar-refractivity contribution in [2.24, 2.45) is 7.05 Å². The number of imidazole rings is 1. The second kappa shape index (κ2) is 6.11. The summed E-state index contributed by atoms with van der Waals surface area (Å²) < 4.78 is 14.7. The van der Waals surface area contributed by atoms with Crippen LogP contribution in [0, 0.1) is 12.7 Å². The molecule has 1 amide bonds. The molecule has 2 N–H and O–H groups in total. The number of amides is 1. The van der Waals surface area contributed by atoms with Crippen LogP contribution >= 0.6 is 0 Å². The molecule has 0 saturated heterocycles. The summed E-state index contributed by atoms with van der Waals surface area (Å²) in [7, 11) is 1.79. The SMILES string of the molecule is Cc1c(C(=O)Nc2ccc3nc(-c4ccc(F)cc4)[nH]c3c2)cnn1C. The minimum atomic E-state index is -0.291. The van der Waals surface area contributed by atoms with Crippen LogP contribution in [0.5, 0.6) is 0 Å². The standard InChI is InChI=1S/C19H16FN5O/c1-11-15(10-21-25(11)2)19(26)22-14-7-8-16-17(9-14)24-18(23-16)12-3-5-13(20)6-4-12/h3-10H,1-2H3,(H,22,26)(H,23,24). The Morgan fingerprint density at radius 3 is 2.65 bits per heavy atom. The van der Waals surface area contributed by atoms with Crippen LogP contribution in [0.3, 0.4) is 0 Å². The molecule has 7 heteroatoms. The van der Waals surface area contributed by atoms with E-state index in [-0.39, 0.29) is 11.7 Å². The molecule has 4 rings (SSSR count). The van der Waals surface area contributed by atoms with Crippen LogP contribution in [-0.4, -0.2) is 25.7 Å².